The first-order valence-corrected chi connectivity index (χ1v) is 8.13. The van der Waals surface area contributed by atoms with Gasteiger partial charge in [0.15, 0.2) is 11.5 Å². The Morgan fingerprint density at radius 1 is 1.26 bits per heavy atom. The minimum atomic E-state index is -5.08. The van der Waals surface area contributed by atoms with E-state index in [1.54, 1.807) is 18.5 Å². The Bertz CT molecular complexity index is 880. The van der Waals surface area contributed by atoms with E-state index in [1.807, 2.05) is 29.6 Å². The van der Waals surface area contributed by atoms with E-state index < -0.39 is 12.1 Å². The number of amides is 1. The molecule has 0 radical (unpaired) electrons. The van der Waals surface area contributed by atoms with Gasteiger partial charge in [0.2, 0.25) is 0 Å². The Morgan fingerprint density at radius 3 is 2.56 bits per heavy atom. The molecule has 11 heteroatoms. The van der Waals surface area contributed by atoms with Gasteiger partial charge in [-0.1, -0.05) is 17.3 Å². The number of pyridine rings is 1. The molecule has 0 aromatic carbocycles. The van der Waals surface area contributed by atoms with Crippen molar-refractivity contribution < 1.29 is 32.4 Å². The van der Waals surface area contributed by atoms with E-state index in [0.29, 0.717) is 12.3 Å². The maximum absolute atomic E-state index is 12.0. The molecule has 142 valence electrons. The van der Waals surface area contributed by atoms with Crippen molar-refractivity contribution in [3.05, 3.63) is 59.4 Å². The number of nitrogens with one attached hydrogen (secondary N) is 1. The molecule has 0 atom stereocenters. The number of alkyl halides is 3. The van der Waals surface area contributed by atoms with E-state index in [-0.39, 0.29) is 11.6 Å². The highest BCUT2D eigenvalue weighted by atomic mass is 32.1. The number of carbonyl (C=O) groups excluding carboxylic acids is 1. The standard InChI is InChI=1S/C14H11N3O2S.C2HF3O2/c18-14(16-9-10-3-1-5-15-8-10)11-7-12(19-17-11)13-4-2-6-20-13;3-2(4,5)1(6)7/h1-8H,9H2,(H,16,18);(H,6,7). The first-order chi connectivity index (χ1) is 12.8. The van der Waals surface area contributed by atoms with Crippen LogP contribution >= 0.6 is 11.3 Å². The zero-order valence-corrected chi connectivity index (χ0v) is 14.3. The van der Waals surface area contributed by atoms with Crippen LogP contribution in [0, 0.1) is 0 Å². The second-order valence-corrected chi connectivity index (χ2v) is 5.85. The molecule has 1 amide bonds. The summed E-state index contributed by atoms with van der Waals surface area (Å²) in [5, 5.41) is 15.6. The molecule has 0 aliphatic heterocycles. The average molecular weight is 399 g/mol. The normalized spacial score (nSPS) is 10.6. The molecule has 27 heavy (non-hydrogen) atoms. The van der Waals surface area contributed by atoms with Gasteiger partial charge in [0.05, 0.1) is 4.88 Å². The number of hydrogen-bond acceptors (Lipinski definition) is 6. The Balaban J connectivity index is 0.000000321. The Kier molecular flexibility index (Phi) is 6.66. The van der Waals surface area contributed by atoms with Gasteiger partial charge in [-0.2, -0.15) is 13.2 Å². The highest BCUT2D eigenvalue weighted by molar-refractivity contribution is 7.13. The van der Waals surface area contributed by atoms with Crippen molar-refractivity contribution in [1.82, 2.24) is 15.5 Å². The predicted octanol–water partition coefficient (Wildman–Crippen LogP) is 3.36. The molecule has 2 N–H and O–H groups in total. The Labute approximate surface area is 154 Å². The molecule has 0 aliphatic carbocycles. The number of aliphatic carboxylic acids is 1. The number of carboxylic acids is 1. The predicted molar refractivity (Wildman–Crippen MR) is 88.9 cm³/mol. The largest absolute Gasteiger partial charge is 0.490 e. The molecule has 0 bridgehead atoms. The fraction of sp³-hybridized carbons (Fsp3) is 0.125. The third kappa shape index (κ3) is 6.22. The lowest BCUT2D eigenvalue weighted by molar-refractivity contribution is -0.192. The zero-order valence-electron chi connectivity index (χ0n) is 13.4. The van der Waals surface area contributed by atoms with Crippen molar-refractivity contribution in [1.29, 1.82) is 0 Å². The molecule has 0 fully saturated rings. The van der Waals surface area contributed by atoms with Gasteiger partial charge in [0.1, 0.15) is 0 Å². The summed E-state index contributed by atoms with van der Waals surface area (Å²) in [7, 11) is 0. The maximum atomic E-state index is 12.0. The minimum absolute atomic E-state index is 0.264. The molecular weight excluding hydrogens is 387 g/mol. The third-order valence-corrected chi connectivity index (χ3v) is 3.81. The van der Waals surface area contributed by atoms with Crippen LogP contribution in [0.3, 0.4) is 0 Å². The van der Waals surface area contributed by atoms with Gasteiger partial charge in [0, 0.05) is 25.0 Å². The third-order valence-electron chi connectivity index (χ3n) is 2.93. The first-order valence-electron chi connectivity index (χ1n) is 7.25. The number of carbonyl (C=O) groups is 2. The van der Waals surface area contributed by atoms with Crippen LogP contribution in [0.4, 0.5) is 13.2 Å². The van der Waals surface area contributed by atoms with Gasteiger partial charge >= 0.3 is 12.1 Å². The van der Waals surface area contributed by atoms with Crippen LogP contribution in [-0.2, 0) is 11.3 Å². The molecule has 0 saturated heterocycles. The Hall–Kier alpha value is -3.21. The monoisotopic (exact) mass is 399 g/mol. The molecule has 3 aromatic heterocycles. The molecule has 0 spiro atoms. The number of carboxylic acid groups (broad SMARTS) is 1. The van der Waals surface area contributed by atoms with E-state index in [9.17, 15) is 18.0 Å². The highest BCUT2D eigenvalue weighted by Gasteiger charge is 2.38. The molecule has 0 aliphatic rings. The fourth-order valence-electron chi connectivity index (χ4n) is 1.69. The number of rotatable bonds is 4. The van der Waals surface area contributed by atoms with Crippen LogP contribution in [0.2, 0.25) is 0 Å². The van der Waals surface area contributed by atoms with Gasteiger partial charge in [-0.15, -0.1) is 11.3 Å². The summed E-state index contributed by atoms with van der Waals surface area (Å²) >= 11 is 1.54. The summed E-state index contributed by atoms with van der Waals surface area (Å²) in [5.74, 6) is -2.42. The van der Waals surface area contributed by atoms with Gasteiger partial charge in [-0.3, -0.25) is 9.78 Å². The van der Waals surface area contributed by atoms with Crippen LogP contribution in [0.15, 0.2) is 52.6 Å². The van der Waals surface area contributed by atoms with Crippen molar-refractivity contribution in [2.24, 2.45) is 0 Å². The summed E-state index contributed by atoms with van der Waals surface area (Å²) in [6.45, 7) is 0.411. The van der Waals surface area contributed by atoms with Crippen molar-refractivity contribution >= 4 is 23.2 Å². The van der Waals surface area contributed by atoms with Gasteiger partial charge in [0.25, 0.3) is 5.91 Å². The molecule has 3 rings (SSSR count). The summed E-state index contributed by atoms with van der Waals surface area (Å²) in [5.41, 5.74) is 1.21. The molecular formula is C16H12F3N3O4S. The summed E-state index contributed by atoms with van der Waals surface area (Å²) in [6.07, 6.45) is -1.68. The number of halogens is 3. The summed E-state index contributed by atoms with van der Waals surface area (Å²) in [6, 6.07) is 9.21. The zero-order chi connectivity index (χ0) is 19.9. The lowest BCUT2D eigenvalue weighted by Gasteiger charge is -2.01. The Morgan fingerprint density at radius 2 is 2.00 bits per heavy atom. The van der Waals surface area contributed by atoms with E-state index in [0.717, 1.165) is 10.4 Å². The van der Waals surface area contributed by atoms with E-state index in [2.05, 4.69) is 15.5 Å². The van der Waals surface area contributed by atoms with Gasteiger partial charge in [-0.25, -0.2) is 4.79 Å². The van der Waals surface area contributed by atoms with Crippen molar-refractivity contribution in [2.45, 2.75) is 12.7 Å². The van der Waals surface area contributed by atoms with Crippen LogP contribution in [0.5, 0.6) is 0 Å². The summed E-state index contributed by atoms with van der Waals surface area (Å²) in [4.78, 5) is 25.8. The van der Waals surface area contributed by atoms with Crippen molar-refractivity contribution in [3.63, 3.8) is 0 Å². The molecule has 7 nitrogen and oxygen atoms in total. The topological polar surface area (TPSA) is 105 Å². The second-order valence-electron chi connectivity index (χ2n) is 4.90. The molecule has 0 unspecified atom stereocenters. The van der Waals surface area contributed by atoms with Crippen LogP contribution in [0.25, 0.3) is 10.6 Å². The van der Waals surface area contributed by atoms with E-state index in [4.69, 9.17) is 14.4 Å². The van der Waals surface area contributed by atoms with E-state index in [1.165, 1.54) is 11.3 Å². The maximum Gasteiger partial charge on any atom is 0.490 e. The van der Waals surface area contributed by atoms with Crippen molar-refractivity contribution in [3.8, 4) is 10.6 Å². The number of aromatic nitrogens is 2. The second kappa shape index (κ2) is 8.94. The van der Waals surface area contributed by atoms with Gasteiger partial charge < -0.3 is 14.9 Å². The molecule has 3 aromatic rings. The average Bonchev–Trinajstić information content (AvgIpc) is 3.31. The lowest BCUT2D eigenvalue weighted by atomic mass is 10.2. The number of nitrogens with zero attached hydrogens (tertiary/aromatic N) is 2. The van der Waals surface area contributed by atoms with Crippen molar-refractivity contribution in [2.75, 3.05) is 0 Å². The first kappa shape index (κ1) is 20.1. The van der Waals surface area contributed by atoms with Crippen LogP contribution in [-0.4, -0.2) is 33.3 Å². The minimum Gasteiger partial charge on any atom is -0.475 e. The van der Waals surface area contributed by atoms with Crippen LogP contribution < -0.4 is 5.32 Å². The smallest absolute Gasteiger partial charge is 0.475 e. The highest BCUT2D eigenvalue weighted by Crippen LogP contribution is 2.25. The SMILES string of the molecule is O=C(NCc1cccnc1)c1cc(-c2cccs2)on1.O=C(O)C(F)(F)F. The van der Waals surface area contributed by atoms with Gasteiger partial charge in [-0.05, 0) is 23.1 Å². The fourth-order valence-corrected chi connectivity index (χ4v) is 2.37. The molecule has 0 saturated carbocycles. The number of hydrogen-bond donors (Lipinski definition) is 2. The summed E-state index contributed by atoms with van der Waals surface area (Å²) < 4.78 is 36.9. The lowest BCUT2D eigenvalue weighted by Crippen LogP contribution is -2.23. The number of thiophene rings is 1. The van der Waals surface area contributed by atoms with Crippen LogP contribution in [0.1, 0.15) is 16.1 Å². The molecule has 3 heterocycles. The van der Waals surface area contributed by atoms with E-state index >= 15 is 0 Å². The quantitative estimate of drug-likeness (QED) is 0.697.